The van der Waals surface area contributed by atoms with Gasteiger partial charge in [-0.2, -0.15) is 0 Å². The molecule has 0 atom stereocenters. The van der Waals surface area contributed by atoms with E-state index in [0.717, 1.165) is 27.8 Å². The molecule has 0 saturated heterocycles. The number of hydrogen-bond donors (Lipinski definition) is 1. The van der Waals surface area contributed by atoms with Crippen LogP contribution in [0, 0.1) is 11.6 Å². The molecule has 1 amide bonds. The summed E-state index contributed by atoms with van der Waals surface area (Å²) in [5, 5.41) is 4.02. The first-order chi connectivity index (χ1) is 12.8. The van der Waals surface area contributed by atoms with Crippen LogP contribution in [0.5, 0.6) is 0 Å². The van der Waals surface area contributed by atoms with Crippen LogP contribution in [0.4, 0.5) is 20.2 Å². The SMILES string of the molecule is CN(c1ccsc1C(=O)Nc1ccc(F)c(F)c1)S(=O)(=O)c1ccccc1. The molecule has 3 aromatic rings. The summed E-state index contributed by atoms with van der Waals surface area (Å²) in [6, 6.07) is 12.3. The lowest BCUT2D eigenvalue weighted by Gasteiger charge is -2.19. The van der Waals surface area contributed by atoms with Gasteiger partial charge in [0.25, 0.3) is 15.9 Å². The normalized spacial score (nSPS) is 11.2. The molecular weight excluding hydrogens is 394 g/mol. The van der Waals surface area contributed by atoms with Crippen LogP contribution in [0.3, 0.4) is 0 Å². The van der Waals surface area contributed by atoms with Crippen LogP contribution >= 0.6 is 11.3 Å². The molecule has 3 rings (SSSR count). The summed E-state index contributed by atoms with van der Waals surface area (Å²) in [5.41, 5.74) is 0.246. The first-order valence-electron chi connectivity index (χ1n) is 7.68. The van der Waals surface area contributed by atoms with Gasteiger partial charge in [-0.1, -0.05) is 18.2 Å². The van der Waals surface area contributed by atoms with Gasteiger partial charge in [-0.3, -0.25) is 9.10 Å². The highest BCUT2D eigenvalue weighted by Crippen LogP contribution is 2.30. The standard InChI is InChI=1S/C18H14F2N2O3S2/c1-22(27(24,25)13-5-3-2-4-6-13)16-9-10-26-17(16)18(23)21-12-7-8-14(19)15(20)11-12/h2-11H,1H3,(H,21,23). The molecule has 0 saturated carbocycles. The number of sulfonamides is 1. The lowest BCUT2D eigenvalue weighted by atomic mass is 10.3. The van der Waals surface area contributed by atoms with Gasteiger partial charge in [-0.15, -0.1) is 11.3 Å². The highest BCUT2D eigenvalue weighted by Gasteiger charge is 2.26. The second-order valence-corrected chi connectivity index (χ2v) is 8.39. The van der Waals surface area contributed by atoms with Crippen molar-refractivity contribution in [1.29, 1.82) is 0 Å². The maximum atomic E-state index is 13.3. The van der Waals surface area contributed by atoms with Gasteiger partial charge in [0.1, 0.15) is 4.88 Å². The van der Waals surface area contributed by atoms with Gasteiger partial charge in [0.15, 0.2) is 11.6 Å². The molecule has 9 heteroatoms. The van der Waals surface area contributed by atoms with Crippen molar-refractivity contribution >= 4 is 38.6 Å². The fourth-order valence-corrected chi connectivity index (χ4v) is 4.47. The third-order valence-corrected chi connectivity index (χ3v) is 6.46. The molecule has 0 unspecified atom stereocenters. The number of nitrogens with zero attached hydrogens (tertiary/aromatic N) is 1. The van der Waals surface area contributed by atoms with Gasteiger partial charge in [-0.05, 0) is 35.7 Å². The van der Waals surface area contributed by atoms with Crippen LogP contribution in [-0.2, 0) is 10.0 Å². The molecule has 2 aromatic carbocycles. The number of carbonyl (C=O) groups excluding carboxylic acids is 1. The Morgan fingerprint density at radius 3 is 2.41 bits per heavy atom. The van der Waals surface area contributed by atoms with E-state index in [9.17, 15) is 22.0 Å². The Balaban J connectivity index is 1.89. The predicted octanol–water partition coefficient (Wildman–Crippen LogP) is 4.10. The second kappa shape index (κ2) is 7.45. The van der Waals surface area contributed by atoms with Crippen LogP contribution in [0.1, 0.15) is 9.67 Å². The Hall–Kier alpha value is -2.78. The number of carbonyl (C=O) groups is 1. The number of nitrogens with one attached hydrogen (secondary N) is 1. The van der Waals surface area contributed by atoms with E-state index in [1.807, 2.05) is 0 Å². The summed E-state index contributed by atoms with van der Waals surface area (Å²) >= 11 is 1.04. The number of thiophene rings is 1. The summed E-state index contributed by atoms with van der Waals surface area (Å²) in [4.78, 5) is 12.7. The fraction of sp³-hybridized carbons (Fsp3) is 0.0556. The van der Waals surface area contributed by atoms with Crippen LogP contribution < -0.4 is 9.62 Å². The number of rotatable bonds is 5. The van der Waals surface area contributed by atoms with Crippen LogP contribution in [-0.4, -0.2) is 21.4 Å². The van der Waals surface area contributed by atoms with Crippen LogP contribution in [0.15, 0.2) is 64.9 Å². The van der Waals surface area contributed by atoms with Crippen LogP contribution in [0.25, 0.3) is 0 Å². The maximum Gasteiger partial charge on any atom is 0.267 e. The maximum absolute atomic E-state index is 13.3. The van der Waals surface area contributed by atoms with E-state index in [0.29, 0.717) is 0 Å². The highest BCUT2D eigenvalue weighted by atomic mass is 32.2. The highest BCUT2D eigenvalue weighted by molar-refractivity contribution is 7.92. The summed E-state index contributed by atoms with van der Waals surface area (Å²) in [5.74, 6) is -2.75. The first kappa shape index (κ1) is 19.0. The predicted molar refractivity (Wildman–Crippen MR) is 101 cm³/mol. The fourth-order valence-electron chi connectivity index (χ4n) is 2.36. The molecule has 27 heavy (non-hydrogen) atoms. The van der Waals surface area contributed by atoms with Gasteiger partial charge < -0.3 is 5.32 Å². The molecular formula is C18H14F2N2O3S2. The lowest BCUT2D eigenvalue weighted by Crippen LogP contribution is -2.28. The largest absolute Gasteiger partial charge is 0.321 e. The summed E-state index contributed by atoms with van der Waals surface area (Å²) in [6.07, 6.45) is 0. The third kappa shape index (κ3) is 3.83. The van der Waals surface area contributed by atoms with Crippen molar-refractivity contribution in [3.8, 4) is 0 Å². The summed E-state index contributed by atoms with van der Waals surface area (Å²) in [7, 11) is -2.51. The molecule has 5 nitrogen and oxygen atoms in total. The Labute approximate surface area is 158 Å². The second-order valence-electron chi connectivity index (χ2n) is 5.50. The Morgan fingerprint density at radius 1 is 1.04 bits per heavy atom. The minimum Gasteiger partial charge on any atom is -0.321 e. The van der Waals surface area contributed by atoms with E-state index < -0.39 is 27.6 Å². The van der Waals surface area contributed by atoms with E-state index in [4.69, 9.17) is 0 Å². The summed E-state index contributed by atoms with van der Waals surface area (Å²) < 4.78 is 52.8. The van der Waals surface area contributed by atoms with Crippen molar-refractivity contribution in [2.75, 3.05) is 16.7 Å². The Bertz CT molecular complexity index is 1080. The molecule has 0 fully saturated rings. The van der Waals surface area contributed by atoms with Gasteiger partial charge in [0, 0.05) is 18.8 Å². The zero-order chi connectivity index (χ0) is 19.6. The molecule has 0 aliphatic rings. The first-order valence-corrected chi connectivity index (χ1v) is 10.0. The number of hydrogen-bond acceptors (Lipinski definition) is 4. The van der Waals surface area contributed by atoms with Crippen molar-refractivity contribution in [3.63, 3.8) is 0 Å². The molecule has 140 valence electrons. The molecule has 1 N–H and O–H groups in total. The van der Waals surface area contributed by atoms with Gasteiger partial charge in [0.2, 0.25) is 0 Å². The van der Waals surface area contributed by atoms with E-state index >= 15 is 0 Å². The van der Waals surface area contributed by atoms with E-state index in [1.165, 1.54) is 31.3 Å². The molecule has 1 heterocycles. The molecule has 0 radical (unpaired) electrons. The minimum atomic E-state index is -3.85. The van der Waals surface area contributed by atoms with Crippen molar-refractivity contribution in [2.45, 2.75) is 4.90 Å². The Morgan fingerprint density at radius 2 is 1.74 bits per heavy atom. The number of benzene rings is 2. The Kier molecular flexibility index (Phi) is 5.24. The van der Waals surface area contributed by atoms with Gasteiger partial charge in [0.05, 0.1) is 10.6 Å². The topological polar surface area (TPSA) is 66.5 Å². The number of amides is 1. The smallest absolute Gasteiger partial charge is 0.267 e. The van der Waals surface area contributed by atoms with Gasteiger partial charge in [-0.25, -0.2) is 17.2 Å². The zero-order valence-electron chi connectivity index (χ0n) is 14.0. The molecule has 0 spiro atoms. The quantitative estimate of drug-likeness (QED) is 0.691. The average molecular weight is 408 g/mol. The van der Waals surface area contributed by atoms with E-state index in [1.54, 1.807) is 23.6 Å². The minimum absolute atomic E-state index is 0.0619. The monoisotopic (exact) mass is 408 g/mol. The number of anilines is 2. The molecule has 0 aliphatic carbocycles. The average Bonchev–Trinajstić information content (AvgIpc) is 3.14. The van der Waals surface area contributed by atoms with E-state index in [-0.39, 0.29) is 21.1 Å². The molecule has 0 aliphatic heterocycles. The van der Waals surface area contributed by atoms with E-state index in [2.05, 4.69) is 5.32 Å². The number of halogens is 2. The van der Waals surface area contributed by atoms with Crippen LogP contribution in [0.2, 0.25) is 0 Å². The van der Waals surface area contributed by atoms with Gasteiger partial charge >= 0.3 is 0 Å². The lowest BCUT2D eigenvalue weighted by molar-refractivity contribution is 0.103. The third-order valence-electron chi connectivity index (χ3n) is 3.77. The van der Waals surface area contributed by atoms with Crippen molar-refractivity contribution in [2.24, 2.45) is 0 Å². The van der Waals surface area contributed by atoms with Crippen molar-refractivity contribution in [3.05, 3.63) is 76.5 Å². The van der Waals surface area contributed by atoms with Crippen molar-refractivity contribution < 1.29 is 22.0 Å². The molecule has 0 bridgehead atoms. The summed E-state index contributed by atoms with van der Waals surface area (Å²) in [6.45, 7) is 0. The zero-order valence-corrected chi connectivity index (χ0v) is 15.7. The molecule has 1 aromatic heterocycles. The van der Waals surface area contributed by atoms with Crippen molar-refractivity contribution in [1.82, 2.24) is 0 Å².